The number of hydrogen-bond donors (Lipinski definition) is 4. The molecular weight excluding hydrogens is 380 g/mol. The van der Waals surface area contributed by atoms with Crippen molar-refractivity contribution in [3.8, 4) is 11.5 Å². The van der Waals surface area contributed by atoms with E-state index in [1.807, 2.05) is 36.4 Å². The smallest absolute Gasteiger partial charge is 0.231 e. The fourth-order valence-electron chi connectivity index (χ4n) is 4.22. The van der Waals surface area contributed by atoms with Gasteiger partial charge < -0.3 is 39.4 Å². The van der Waals surface area contributed by atoms with Gasteiger partial charge >= 0.3 is 0 Å². The van der Waals surface area contributed by atoms with E-state index in [0.717, 1.165) is 22.4 Å². The third-order valence-electron chi connectivity index (χ3n) is 5.79. The first kappa shape index (κ1) is 18.8. The van der Waals surface area contributed by atoms with Gasteiger partial charge in [-0.05, 0) is 41.3 Å². The van der Waals surface area contributed by atoms with Crippen LogP contribution in [0, 0.1) is 0 Å². The first-order valence-electron chi connectivity index (χ1n) is 9.49. The molecule has 0 aromatic heterocycles. The SMILES string of the molecule is OC[C@H]1O[C@]2(OCc3ccc(Cc4ccc5c(c4)OCO5)cc32)[C@H](O)[C@@H](O)[C@@H]1O. The molecule has 1 fully saturated rings. The predicted molar refractivity (Wildman–Crippen MR) is 98.3 cm³/mol. The molecular formula is C21H22O8. The van der Waals surface area contributed by atoms with Crippen molar-refractivity contribution >= 4 is 0 Å². The Labute approximate surface area is 166 Å². The molecule has 3 aliphatic heterocycles. The number of ether oxygens (including phenoxy) is 4. The summed E-state index contributed by atoms with van der Waals surface area (Å²) in [6, 6.07) is 11.5. The van der Waals surface area contributed by atoms with Gasteiger partial charge in [-0.1, -0.05) is 18.2 Å². The molecule has 4 N–H and O–H groups in total. The highest BCUT2D eigenvalue weighted by molar-refractivity contribution is 5.47. The van der Waals surface area contributed by atoms with E-state index in [2.05, 4.69) is 0 Å². The molecule has 2 aromatic rings. The van der Waals surface area contributed by atoms with E-state index in [9.17, 15) is 20.4 Å². The van der Waals surface area contributed by atoms with Crippen molar-refractivity contribution in [1.29, 1.82) is 0 Å². The zero-order valence-electron chi connectivity index (χ0n) is 15.5. The van der Waals surface area contributed by atoms with Crippen molar-refractivity contribution in [1.82, 2.24) is 0 Å². The largest absolute Gasteiger partial charge is 0.454 e. The van der Waals surface area contributed by atoms with E-state index in [0.29, 0.717) is 17.7 Å². The van der Waals surface area contributed by atoms with Crippen molar-refractivity contribution < 1.29 is 39.4 Å². The predicted octanol–water partition coefficient (Wildman–Crippen LogP) is 0.163. The Balaban J connectivity index is 1.48. The van der Waals surface area contributed by atoms with Crippen LogP contribution in [0.25, 0.3) is 0 Å². The van der Waals surface area contributed by atoms with Crippen molar-refractivity contribution in [3.63, 3.8) is 0 Å². The minimum absolute atomic E-state index is 0.192. The fraction of sp³-hybridized carbons (Fsp3) is 0.429. The fourth-order valence-corrected chi connectivity index (χ4v) is 4.22. The van der Waals surface area contributed by atoms with Crippen molar-refractivity contribution in [3.05, 3.63) is 58.7 Å². The van der Waals surface area contributed by atoms with E-state index >= 15 is 0 Å². The Morgan fingerprint density at radius 2 is 1.69 bits per heavy atom. The highest BCUT2D eigenvalue weighted by Gasteiger charge is 2.58. The molecule has 29 heavy (non-hydrogen) atoms. The minimum Gasteiger partial charge on any atom is -0.454 e. The van der Waals surface area contributed by atoms with Crippen molar-refractivity contribution in [2.45, 2.75) is 43.2 Å². The van der Waals surface area contributed by atoms with Gasteiger partial charge in [0.15, 0.2) is 11.5 Å². The summed E-state index contributed by atoms with van der Waals surface area (Å²) in [7, 11) is 0. The molecule has 1 spiro atoms. The topological polar surface area (TPSA) is 118 Å². The molecule has 0 radical (unpaired) electrons. The Hall–Kier alpha value is -2.20. The van der Waals surface area contributed by atoms with Gasteiger partial charge in [0, 0.05) is 5.56 Å². The Bertz CT molecular complexity index is 929. The molecule has 0 bridgehead atoms. The summed E-state index contributed by atoms with van der Waals surface area (Å²) >= 11 is 0. The Kier molecular flexibility index (Phi) is 4.50. The summed E-state index contributed by atoms with van der Waals surface area (Å²) in [5, 5.41) is 40.6. The number of aliphatic hydroxyl groups excluding tert-OH is 4. The van der Waals surface area contributed by atoms with Crippen LogP contribution in [0.15, 0.2) is 36.4 Å². The van der Waals surface area contributed by atoms with Crippen LogP contribution < -0.4 is 9.47 Å². The van der Waals surface area contributed by atoms with Gasteiger partial charge in [0.1, 0.15) is 24.4 Å². The van der Waals surface area contributed by atoms with Gasteiger partial charge in [0.25, 0.3) is 0 Å². The van der Waals surface area contributed by atoms with Crippen molar-refractivity contribution in [2.24, 2.45) is 0 Å². The van der Waals surface area contributed by atoms with Crippen LogP contribution in [0.5, 0.6) is 11.5 Å². The van der Waals surface area contributed by atoms with E-state index in [-0.39, 0.29) is 13.4 Å². The van der Waals surface area contributed by atoms with Crippen LogP contribution in [0.1, 0.15) is 22.3 Å². The molecule has 0 saturated carbocycles. The zero-order chi connectivity index (χ0) is 20.2. The molecule has 0 unspecified atom stereocenters. The van der Waals surface area contributed by atoms with E-state index in [4.69, 9.17) is 18.9 Å². The second-order valence-corrected chi connectivity index (χ2v) is 7.58. The average molecular weight is 402 g/mol. The van der Waals surface area contributed by atoms with Gasteiger partial charge in [0.05, 0.1) is 13.2 Å². The molecule has 3 heterocycles. The molecule has 5 atom stereocenters. The highest BCUT2D eigenvalue weighted by Crippen LogP contribution is 2.46. The first-order valence-corrected chi connectivity index (χ1v) is 9.49. The minimum atomic E-state index is -1.63. The van der Waals surface area contributed by atoms with Gasteiger partial charge in [-0.3, -0.25) is 0 Å². The number of hydrogen-bond acceptors (Lipinski definition) is 8. The van der Waals surface area contributed by atoms with Gasteiger partial charge in [-0.15, -0.1) is 0 Å². The zero-order valence-corrected chi connectivity index (χ0v) is 15.5. The lowest BCUT2D eigenvalue weighted by Gasteiger charge is -2.46. The summed E-state index contributed by atoms with van der Waals surface area (Å²) < 4.78 is 22.4. The lowest BCUT2D eigenvalue weighted by atomic mass is 9.86. The summed E-state index contributed by atoms with van der Waals surface area (Å²) in [5.74, 6) is -0.208. The van der Waals surface area contributed by atoms with Crippen molar-refractivity contribution in [2.75, 3.05) is 13.4 Å². The Morgan fingerprint density at radius 1 is 0.931 bits per heavy atom. The Morgan fingerprint density at radius 3 is 2.52 bits per heavy atom. The normalized spacial score (nSPS) is 32.6. The molecule has 8 heteroatoms. The van der Waals surface area contributed by atoms with E-state index < -0.39 is 36.8 Å². The number of rotatable bonds is 3. The number of aliphatic hydroxyl groups is 4. The third kappa shape index (κ3) is 2.92. The molecule has 3 aliphatic rings. The average Bonchev–Trinajstić information content (AvgIpc) is 3.34. The van der Waals surface area contributed by atoms with Gasteiger partial charge in [0.2, 0.25) is 12.6 Å². The molecule has 5 rings (SSSR count). The van der Waals surface area contributed by atoms with Gasteiger partial charge in [-0.2, -0.15) is 0 Å². The second-order valence-electron chi connectivity index (χ2n) is 7.58. The van der Waals surface area contributed by atoms with Crippen LogP contribution in [-0.2, 0) is 28.3 Å². The molecule has 1 saturated heterocycles. The van der Waals surface area contributed by atoms with Crippen LogP contribution in [0.2, 0.25) is 0 Å². The van der Waals surface area contributed by atoms with Gasteiger partial charge in [-0.25, -0.2) is 0 Å². The summed E-state index contributed by atoms with van der Waals surface area (Å²) in [4.78, 5) is 0. The third-order valence-corrected chi connectivity index (χ3v) is 5.79. The molecule has 0 aliphatic carbocycles. The summed E-state index contributed by atoms with van der Waals surface area (Å²) in [5.41, 5.74) is 3.38. The quantitative estimate of drug-likeness (QED) is 0.574. The maximum absolute atomic E-state index is 10.7. The lowest BCUT2D eigenvalue weighted by molar-refractivity contribution is -0.368. The van der Waals surface area contributed by atoms with Crippen LogP contribution in [0.4, 0.5) is 0 Å². The molecule has 8 nitrogen and oxygen atoms in total. The molecule has 154 valence electrons. The first-order chi connectivity index (χ1) is 14.0. The maximum Gasteiger partial charge on any atom is 0.231 e. The summed E-state index contributed by atoms with van der Waals surface area (Å²) in [6.45, 7) is -0.104. The van der Waals surface area contributed by atoms with E-state index in [1.165, 1.54) is 0 Å². The monoisotopic (exact) mass is 402 g/mol. The standard InChI is InChI=1S/C21H22O8/c22-8-17-18(23)19(24)20(25)21(29-17)14-6-11(1-3-13(14)9-28-21)5-12-2-4-15-16(7-12)27-10-26-15/h1-4,6-7,17-20,22-25H,5,8-10H2/t17-,18-,19+,20-,21+/m1/s1. The lowest BCUT2D eigenvalue weighted by Crippen LogP contribution is -2.63. The van der Waals surface area contributed by atoms with E-state index in [1.54, 1.807) is 0 Å². The summed E-state index contributed by atoms with van der Waals surface area (Å²) in [6.07, 6.45) is -4.89. The number of benzene rings is 2. The maximum atomic E-state index is 10.7. The molecule has 2 aromatic carbocycles. The number of fused-ring (bicyclic) bond motifs is 3. The van der Waals surface area contributed by atoms with Crippen LogP contribution in [0.3, 0.4) is 0 Å². The van der Waals surface area contributed by atoms with Crippen LogP contribution in [-0.4, -0.2) is 58.2 Å². The highest BCUT2D eigenvalue weighted by atomic mass is 16.7. The molecule has 0 amide bonds. The second kappa shape index (κ2) is 6.94. The van der Waals surface area contributed by atoms with Crippen LogP contribution >= 0.6 is 0 Å².